The van der Waals surface area contributed by atoms with E-state index in [1.807, 2.05) is 13.8 Å². The Hall–Kier alpha value is -1.59. The second-order valence-corrected chi connectivity index (χ2v) is 6.18. The van der Waals surface area contributed by atoms with Gasteiger partial charge >= 0.3 is 0 Å². The summed E-state index contributed by atoms with van der Waals surface area (Å²) in [4.78, 5) is 16.6. The molecular formula is C16H16BrClN2O2. The third-order valence-electron chi connectivity index (χ3n) is 3.34. The van der Waals surface area contributed by atoms with Crippen molar-refractivity contribution in [2.45, 2.75) is 20.4 Å². The quantitative estimate of drug-likeness (QED) is 0.866. The predicted octanol–water partition coefficient (Wildman–Crippen LogP) is 4.05. The molecule has 0 aliphatic rings. The molecule has 1 aromatic carbocycles. The van der Waals surface area contributed by atoms with Crippen molar-refractivity contribution in [3.05, 3.63) is 56.3 Å². The van der Waals surface area contributed by atoms with Crippen LogP contribution < -0.4 is 10.1 Å². The first-order valence-corrected chi connectivity index (χ1v) is 7.83. The summed E-state index contributed by atoms with van der Waals surface area (Å²) in [5.41, 5.74) is 3.08. The van der Waals surface area contributed by atoms with E-state index in [2.05, 4.69) is 26.2 Å². The summed E-state index contributed by atoms with van der Waals surface area (Å²) in [6.07, 6.45) is 1.74. The van der Waals surface area contributed by atoms with Gasteiger partial charge in [0.2, 0.25) is 0 Å². The van der Waals surface area contributed by atoms with Gasteiger partial charge in [0.1, 0.15) is 5.75 Å². The van der Waals surface area contributed by atoms with Crippen molar-refractivity contribution in [1.29, 1.82) is 0 Å². The van der Waals surface area contributed by atoms with Crippen LogP contribution in [-0.2, 0) is 6.54 Å². The molecule has 0 bridgehead atoms. The van der Waals surface area contributed by atoms with Crippen molar-refractivity contribution >= 4 is 33.4 Å². The number of hydrogen-bond donors (Lipinski definition) is 1. The molecular weight excluding hydrogens is 368 g/mol. The van der Waals surface area contributed by atoms with Crippen LogP contribution in [0.4, 0.5) is 0 Å². The minimum Gasteiger partial charge on any atom is -0.496 e. The lowest BCUT2D eigenvalue weighted by Gasteiger charge is -2.13. The van der Waals surface area contributed by atoms with E-state index < -0.39 is 0 Å². The number of ether oxygens (including phenoxy) is 1. The van der Waals surface area contributed by atoms with E-state index in [9.17, 15) is 4.79 Å². The monoisotopic (exact) mass is 382 g/mol. The number of nitrogens with zero attached hydrogens (tertiary/aromatic N) is 1. The molecule has 1 heterocycles. The van der Waals surface area contributed by atoms with Gasteiger partial charge in [-0.25, -0.2) is 0 Å². The van der Waals surface area contributed by atoms with Crippen LogP contribution in [0.1, 0.15) is 27.2 Å². The first-order valence-electron chi connectivity index (χ1n) is 6.66. The molecule has 0 fully saturated rings. The molecule has 0 radical (unpaired) electrons. The Balaban J connectivity index is 2.15. The lowest BCUT2D eigenvalue weighted by molar-refractivity contribution is 0.0950. The lowest BCUT2D eigenvalue weighted by Crippen LogP contribution is -2.24. The fourth-order valence-corrected chi connectivity index (χ4v) is 2.94. The second kappa shape index (κ2) is 7.11. The zero-order valence-electron chi connectivity index (χ0n) is 12.5. The number of carbonyl (C=O) groups excluding carboxylic acids is 1. The number of benzene rings is 1. The first-order chi connectivity index (χ1) is 10.4. The van der Waals surface area contributed by atoms with Crippen molar-refractivity contribution in [3.8, 4) is 5.75 Å². The number of pyridine rings is 1. The maximum Gasteiger partial charge on any atom is 0.253 e. The molecule has 0 aliphatic heterocycles. The topological polar surface area (TPSA) is 51.2 Å². The molecule has 2 rings (SSSR count). The zero-order valence-corrected chi connectivity index (χ0v) is 14.9. The molecule has 0 atom stereocenters. The van der Waals surface area contributed by atoms with Gasteiger partial charge in [-0.05, 0) is 32.0 Å². The summed E-state index contributed by atoms with van der Waals surface area (Å²) in [6, 6.07) is 5.14. The highest BCUT2D eigenvalue weighted by Gasteiger charge is 2.13. The van der Waals surface area contributed by atoms with E-state index in [0.717, 1.165) is 27.0 Å². The Labute approximate surface area is 143 Å². The molecule has 4 nitrogen and oxygen atoms in total. The SMILES string of the molecule is COc1c(C)cnc(CNC(=O)c2ccc(Br)cc2Cl)c1C. The second-order valence-electron chi connectivity index (χ2n) is 4.85. The molecule has 6 heteroatoms. The van der Waals surface area contributed by atoms with Crippen LogP contribution in [0.2, 0.25) is 5.02 Å². The third-order valence-corrected chi connectivity index (χ3v) is 4.15. The normalized spacial score (nSPS) is 10.4. The Kier molecular flexibility index (Phi) is 5.42. The molecule has 0 unspecified atom stereocenters. The molecule has 116 valence electrons. The number of amides is 1. The fourth-order valence-electron chi connectivity index (χ4n) is 2.18. The van der Waals surface area contributed by atoms with Gasteiger partial charge in [-0.1, -0.05) is 27.5 Å². The van der Waals surface area contributed by atoms with Crippen LogP contribution in [0.15, 0.2) is 28.9 Å². The van der Waals surface area contributed by atoms with Crippen LogP contribution in [0.3, 0.4) is 0 Å². The van der Waals surface area contributed by atoms with E-state index in [0.29, 0.717) is 17.1 Å². The van der Waals surface area contributed by atoms with E-state index >= 15 is 0 Å². The minimum absolute atomic E-state index is 0.238. The van der Waals surface area contributed by atoms with Gasteiger partial charge in [-0.3, -0.25) is 9.78 Å². The molecule has 0 saturated heterocycles. The molecule has 0 saturated carbocycles. The summed E-state index contributed by atoms with van der Waals surface area (Å²) >= 11 is 9.39. The molecule has 22 heavy (non-hydrogen) atoms. The van der Waals surface area contributed by atoms with Crippen LogP contribution in [-0.4, -0.2) is 18.0 Å². The molecule has 2 aromatic rings. The van der Waals surface area contributed by atoms with E-state index in [-0.39, 0.29) is 5.91 Å². The first kappa shape index (κ1) is 16.8. The Morgan fingerprint density at radius 1 is 1.41 bits per heavy atom. The van der Waals surface area contributed by atoms with Crippen LogP contribution in [0.5, 0.6) is 5.75 Å². The largest absolute Gasteiger partial charge is 0.496 e. The zero-order chi connectivity index (χ0) is 16.3. The maximum atomic E-state index is 12.2. The van der Waals surface area contributed by atoms with Crippen LogP contribution >= 0.6 is 27.5 Å². The van der Waals surface area contributed by atoms with Crippen molar-refractivity contribution < 1.29 is 9.53 Å². The summed E-state index contributed by atoms with van der Waals surface area (Å²) in [5.74, 6) is 0.555. The van der Waals surface area contributed by atoms with Gasteiger partial charge in [0.25, 0.3) is 5.91 Å². The van der Waals surface area contributed by atoms with Gasteiger partial charge in [0.05, 0.1) is 29.9 Å². The third kappa shape index (κ3) is 3.59. The van der Waals surface area contributed by atoms with Gasteiger partial charge in [-0.15, -0.1) is 0 Å². The van der Waals surface area contributed by atoms with Crippen molar-refractivity contribution in [3.63, 3.8) is 0 Å². The molecule has 1 N–H and O–H groups in total. The van der Waals surface area contributed by atoms with Crippen molar-refractivity contribution in [2.75, 3.05) is 7.11 Å². The highest BCUT2D eigenvalue weighted by molar-refractivity contribution is 9.10. The van der Waals surface area contributed by atoms with Crippen LogP contribution in [0, 0.1) is 13.8 Å². The minimum atomic E-state index is -0.238. The Morgan fingerprint density at radius 2 is 2.14 bits per heavy atom. The maximum absolute atomic E-state index is 12.2. The number of nitrogens with one attached hydrogen (secondary N) is 1. The Bertz CT molecular complexity index is 720. The number of halogens is 2. The van der Waals surface area contributed by atoms with Gasteiger partial charge in [-0.2, -0.15) is 0 Å². The lowest BCUT2D eigenvalue weighted by atomic mass is 10.1. The summed E-state index contributed by atoms with van der Waals surface area (Å²) < 4.78 is 6.19. The van der Waals surface area contributed by atoms with Crippen molar-refractivity contribution in [1.82, 2.24) is 10.3 Å². The highest BCUT2D eigenvalue weighted by Crippen LogP contribution is 2.24. The number of rotatable bonds is 4. The predicted molar refractivity (Wildman–Crippen MR) is 90.6 cm³/mol. The number of methoxy groups -OCH3 is 1. The number of carbonyl (C=O) groups is 1. The van der Waals surface area contributed by atoms with E-state index in [4.69, 9.17) is 16.3 Å². The molecule has 1 aromatic heterocycles. The molecule has 0 spiro atoms. The summed E-state index contributed by atoms with van der Waals surface area (Å²) in [5, 5.41) is 3.23. The average Bonchev–Trinajstić information content (AvgIpc) is 2.46. The van der Waals surface area contributed by atoms with E-state index in [1.54, 1.807) is 31.5 Å². The molecule has 1 amide bonds. The standard InChI is InChI=1S/C16H16BrClN2O2/c1-9-7-19-14(10(2)15(9)22-3)8-20-16(21)12-5-4-11(17)6-13(12)18/h4-7H,8H2,1-3H3,(H,20,21). The highest BCUT2D eigenvalue weighted by atomic mass is 79.9. The fraction of sp³-hybridized carbons (Fsp3) is 0.250. The average molecular weight is 384 g/mol. The molecule has 0 aliphatic carbocycles. The van der Waals surface area contributed by atoms with Gasteiger partial charge < -0.3 is 10.1 Å². The number of aromatic nitrogens is 1. The number of aryl methyl sites for hydroxylation is 1. The Morgan fingerprint density at radius 3 is 2.77 bits per heavy atom. The number of hydrogen-bond acceptors (Lipinski definition) is 3. The summed E-state index contributed by atoms with van der Waals surface area (Å²) in [7, 11) is 1.62. The van der Waals surface area contributed by atoms with Crippen LogP contribution in [0.25, 0.3) is 0 Å². The van der Waals surface area contributed by atoms with Gasteiger partial charge in [0, 0.05) is 21.8 Å². The van der Waals surface area contributed by atoms with Crippen molar-refractivity contribution in [2.24, 2.45) is 0 Å². The summed E-state index contributed by atoms with van der Waals surface area (Å²) in [6.45, 7) is 4.17. The smallest absolute Gasteiger partial charge is 0.253 e. The van der Waals surface area contributed by atoms with Gasteiger partial charge in [0.15, 0.2) is 0 Å². The van der Waals surface area contributed by atoms with E-state index in [1.165, 1.54) is 0 Å².